The molecule has 0 radical (unpaired) electrons. The number of aromatic nitrogens is 2. The zero-order chi connectivity index (χ0) is 11.3. The molecule has 1 aromatic heterocycles. The molecule has 1 aromatic rings. The number of nitrogens with one attached hydrogen (secondary N) is 1. The first-order chi connectivity index (χ1) is 7.13. The summed E-state index contributed by atoms with van der Waals surface area (Å²) in [6.45, 7) is 5.17. The molecule has 0 aromatic carbocycles. The third-order valence-corrected chi connectivity index (χ3v) is 2.40. The van der Waals surface area contributed by atoms with E-state index in [2.05, 4.69) is 10.4 Å². The molecule has 84 valence electrons. The molecule has 0 saturated heterocycles. The lowest BCUT2D eigenvalue weighted by molar-refractivity contribution is -0.121. The molecule has 1 rings (SSSR count). The van der Waals surface area contributed by atoms with Crippen LogP contribution in [-0.4, -0.2) is 22.2 Å². The van der Waals surface area contributed by atoms with Gasteiger partial charge in [-0.05, 0) is 13.3 Å². The number of hydrogen-bond acceptors (Lipinski definition) is 2. The Hall–Kier alpha value is -1.03. The van der Waals surface area contributed by atoms with Crippen LogP contribution in [0.2, 0.25) is 5.02 Å². The van der Waals surface area contributed by atoms with E-state index >= 15 is 0 Å². The van der Waals surface area contributed by atoms with E-state index in [0.29, 0.717) is 18.0 Å². The molecule has 15 heavy (non-hydrogen) atoms. The Balaban J connectivity index is 2.33. The van der Waals surface area contributed by atoms with Crippen LogP contribution in [0.3, 0.4) is 0 Å². The van der Waals surface area contributed by atoms with Crippen molar-refractivity contribution in [2.75, 3.05) is 6.54 Å². The first-order valence-electron chi connectivity index (χ1n) is 5.09. The minimum Gasteiger partial charge on any atom is -0.356 e. The quantitative estimate of drug-likeness (QED) is 0.837. The van der Waals surface area contributed by atoms with Gasteiger partial charge in [0.05, 0.1) is 10.7 Å². The molecule has 0 aliphatic carbocycles. The molecule has 0 bridgehead atoms. The van der Waals surface area contributed by atoms with E-state index < -0.39 is 0 Å². The summed E-state index contributed by atoms with van der Waals surface area (Å²) in [5.74, 6) is 0.0566. The molecule has 1 heterocycles. The van der Waals surface area contributed by atoms with Gasteiger partial charge in [-0.2, -0.15) is 5.10 Å². The maximum Gasteiger partial charge on any atom is 0.221 e. The van der Waals surface area contributed by atoms with Gasteiger partial charge >= 0.3 is 0 Å². The van der Waals surface area contributed by atoms with Crippen molar-refractivity contribution >= 4 is 17.5 Å². The van der Waals surface area contributed by atoms with Crippen molar-refractivity contribution in [3.05, 3.63) is 16.9 Å². The highest BCUT2D eigenvalue weighted by Gasteiger charge is 2.04. The molecule has 0 aliphatic rings. The van der Waals surface area contributed by atoms with E-state index in [0.717, 1.165) is 18.7 Å². The Bertz CT molecular complexity index is 316. The predicted molar refractivity (Wildman–Crippen MR) is 59.9 cm³/mol. The van der Waals surface area contributed by atoms with E-state index in [1.54, 1.807) is 10.9 Å². The fourth-order valence-corrected chi connectivity index (χ4v) is 1.33. The van der Waals surface area contributed by atoms with Crippen molar-refractivity contribution in [1.82, 2.24) is 15.1 Å². The van der Waals surface area contributed by atoms with Crippen LogP contribution in [0.25, 0.3) is 0 Å². The van der Waals surface area contributed by atoms with Gasteiger partial charge in [0.2, 0.25) is 5.91 Å². The molecule has 0 fully saturated rings. The second-order valence-corrected chi connectivity index (χ2v) is 3.83. The number of hydrogen-bond donors (Lipinski definition) is 1. The number of rotatable bonds is 5. The first kappa shape index (κ1) is 12.0. The first-order valence-corrected chi connectivity index (χ1v) is 5.47. The van der Waals surface area contributed by atoms with Gasteiger partial charge in [0.25, 0.3) is 0 Å². The highest BCUT2D eigenvalue weighted by molar-refractivity contribution is 6.31. The summed E-state index contributed by atoms with van der Waals surface area (Å²) in [7, 11) is 0. The predicted octanol–water partition coefficient (Wildman–Crippen LogP) is 1.76. The Morgan fingerprint density at radius 2 is 2.40 bits per heavy atom. The van der Waals surface area contributed by atoms with E-state index in [1.807, 2.05) is 13.8 Å². The van der Waals surface area contributed by atoms with E-state index in [-0.39, 0.29) is 5.91 Å². The molecule has 0 aliphatic heterocycles. The van der Waals surface area contributed by atoms with Crippen molar-refractivity contribution < 1.29 is 4.79 Å². The van der Waals surface area contributed by atoms with Crippen LogP contribution in [0.15, 0.2) is 6.20 Å². The minimum absolute atomic E-state index is 0.0566. The number of carbonyl (C=O) groups is 1. The molecule has 0 atom stereocenters. The fraction of sp³-hybridized carbons (Fsp3) is 0.600. The Labute approximate surface area is 94.6 Å². The van der Waals surface area contributed by atoms with Gasteiger partial charge in [0.15, 0.2) is 0 Å². The summed E-state index contributed by atoms with van der Waals surface area (Å²) in [6, 6.07) is 0. The van der Waals surface area contributed by atoms with Crippen LogP contribution in [0, 0.1) is 6.92 Å². The monoisotopic (exact) mass is 229 g/mol. The summed E-state index contributed by atoms with van der Waals surface area (Å²) >= 11 is 5.84. The van der Waals surface area contributed by atoms with Crippen molar-refractivity contribution in [3.63, 3.8) is 0 Å². The Kier molecular flexibility index (Phi) is 4.62. The third kappa shape index (κ3) is 3.91. The van der Waals surface area contributed by atoms with Crippen LogP contribution in [0.4, 0.5) is 0 Å². The van der Waals surface area contributed by atoms with Crippen LogP contribution < -0.4 is 5.32 Å². The fourth-order valence-electron chi connectivity index (χ4n) is 1.18. The van der Waals surface area contributed by atoms with Gasteiger partial charge in [-0.25, -0.2) is 0 Å². The summed E-state index contributed by atoms with van der Waals surface area (Å²) < 4.78 is 1.70. The summed E-state index contributed by atoms with van der Waals surface area (Å²) in [4.78, 5) is 11.3. The van der Waals surface area contributed by atoms with Gasteiger partial charge in [-0.3, -0.25) is 9.48 Å². The van der Waals surface area contributed by atoms with Crippen molar-refractivity contribution in [3.8, 4) is 0 Å². The largest absolute Gasteiger partial charge is 0.356 e. The number of amides is 1. The second kappa shape index (κ2) is 5.75. The zero-order valence-corrected chi connectivity index (χ0v) is 9.84. The standard InChI is InChI=1S/C10H16ClN3O/c1-3-5-12-10(15)4-6-14-7-9(11)8(2)13-14/h7H,3-6H2,1-2H3,(H,12,15). The van der Waals surface area contributed by atoms with E-state index in [1.165, 1.54) is 0 Å². The van der Waals surface area contributed by atoms with Gasteiger partial charge in [0, 0.05) is 25.7 Å². The van der Waals surface area contributed by atoms with Crippen molar-refractivity contribution in [1.29, 1.82) is 0 Å². The molecule has 0 saturated carbocycles. The van der Waals surface area contributed by atoms with Gasteiger partial charge < -0.3 is 5.32 Å². The smallest absolute Gasteiger partial charge is 0.221 e. The Morgan fingerprint density at radius 1 is 1.67 bits per heavy atom. The van der Waals surface area contributed by atoms with E-state index in [4.69, 9.17) is 11.6 Å². The Morgan fingerprint density at radius 3 is 2.93 bits per heavy atom. The minimum atomic E-state index is 0.0566. The lowest BCUT2D eigenvalue weighted by Gasteiger charge is -2.03. The molecule has 1 N–H and O–H groups in total. The summed E-state index contributed by atoms with van der Waals surface area (Å²) in [5, 5.41) is 7.62. The average Bonchev–Trinajstić information content (AvgIpc) is 2.52. The lowest BCUT2D eigenvalue weighted by Crippen LogP contribution is -2.25. The lowest BCUT2D eigenvalue weighted by atomic mass is 10.4. The average molecular weight is 230 g/mol. The van der Waals surface area contributed by atoms with Gasteiger partial charge in [-0.15, -0.1) is 0 Å². The van der Waals surface area contributed by atoms with Gasteiger partial charge in [-0.1, -0.05) is 18.5 Å². The van der Waals surface area contributed by atoms with Crippen molar-refractivity contribution in [2.24, 2.45) is 0 Å². The highest BCUT2D eigenvalue weighted by atomic mass is 35.5. The molecular weight excluding hydrogens is 214 g/mol. The number of aryl methyl sites for hydroxylation is 2. The summed E-state index contributed by atoms with van der Waals surface area (Å²) in [6.07, 6.45) is 3.14. The maximum absolute atomic E-state index is 11.3. The molecular formula is C10H16ClN3O. The van der Waals surface area contributed by atoms with Gasteiger partial charge in [0.1, 0.15) is 0 Å². The van der Waals surface area contributed by atoms with Crippen molar-refractivity contribution in [2.45, 2.75) is 33.2 Å². The SMILES string of the molecule is CCCNC(=O)CCn1cc(Cl)c(C)n1. The van der Waals surface area contributed by atoms with Crippen LogP contribution in [0.5, 0.6) is 0 Å². The van der Waals surface area contributed by atoms with Crippen LogP contribution in [-0.2, 0) is 11.3 Å². The number of halogens is 1. The second-order valence-electron chi connectivity index (χ2n) is 3.43. The maximum atomic E-state index is 11.3. The molecule has 0 unspecified atom stereocenters. The molecule has 4 nitrogen and oxygen atoms in total. The number of carbonyl (C=O) groups excluding carboxylic acids is 1. The molecule has 5 heteroatoms. The molecule has 1 amide bonds. The van der Waals surface area contributed by atoms with E-state index in [9.17, 15) is 4.79 Å². The van der Waals surface area contributed by atoms with Crippen LogP contribution >= 0.6 is 11.6 Å². The third-order valence-electron chi connectivity index (χ3n) is 2.03. The zero-order valence-electron chi connectivity index (χ0n) is 9.09. The van der Waals surface area contributed by atoms with Crippen LogP contribution in [0.1, 0.15) is 25.5 Å². The normalized spacial score (nSPS) is 10.3. The summed E-state index contributed by atoms with van der Waals surface area (Å²) in [5.41, 5.74) is 0.797. The number of nitrogens with zero attached hydrogens (tertiary/aromatic N) is 2. The highest BCUT2D eigenvalue weighted by Crippen LogP contribution is 2.11. The topological polar surface area (TPSA) is 46.9 Å². The molecule has 0 spiro atoms.